The van der Waals surface area contributed by atoms with Crippen LogP contribution in [0.5, 0.6) is 0 Å². The highest BCUT2D eigenvalue weighted by Gasteiger charge is 2.25. The third-order valence-corrected chi connectivity index (χ3v) is 3.78. The van der Waals surface area contributed by atoms with E-state index in [-0.39, 0.29) is 24.3 Å². The molecule has 1 rings (SSSR count). The Morgan fingerprint density at radius 1 is 1.05 bits per heavy atom. The summed E-state index contributed by atoms with van der Waals surface area (Å²) in [6.07, 6.45) is 0.690. The average molecular weight is 290 g/mol. The molecule has 1 aromatic carbocycles. The van der Waals surface area contributed by atoms with Gasteiger partial charge in [-0.25, -0.2) is 0 Å². The first-order valence-corrected chi connectivity index (χ1v) is 7.62. The number of amides is 1. The molecule has 0 spiro atoms. The van der Waals surface area contributed by atoms with Gasteiger partial charge in [0.25, 0.3) is 0 Å². The van der Waals surface area contributed by atoms with Gasteiger partial charge >= 0.3 is 0 Å². The van der Waals surface area contributed by atoms with Crippen LogP contribution in [-0.2, 0) is 4.79 Å². The number of nitrogens with zero attached hydrogens (tertiary/aromatic N) is 2. The molecule has 0 aliphatic heterocycles. The SMILES string of the molecule is CCC(C(=O)c1ccccc1)N(C)CC(=O)N(CC)CC. The van der Waals surface area contributed by atoms with Crippen molar-refractivity contribution < 1.29 is 9.59 Å². The molecular weight excluding hydrogens is 264 g/mol. The molecule has 0 aliphatic carbocycles. The molecule has 0 aromatic heterocycles. The highest BCUT2D eigenvalue weighted by Crippen LogP contribution is 2.11. The molecule has 1 atom stereocenters. The fourth-order valence-electron chi connectivity index (χ4n) is 2.49. The summed E-state index contributed by atoms with van der Waals surface area (Å²) in [5, 5.41) is 0. The van der Waals surface area contributed by atoms with E-state index in [1.165, 1.54) is 0 Å². The van der Waals surface area contributed by atoms with Crippen molar-refractivity contribution in [2.24, 2.45) is 0 Å². The maximum absolute atomic E-state index is 12.5. The largest absolute Gasteiger partial charge is 0.342 e. The van der Waals surface area contributed by atoms with Gasteiger partial charge in [0, 0.05) is 18.7 Å². The predicted octanol–water partition coefficient (Wildman–Crippen LogP) is 2.45. The van der Waals surface area contributed by atoms with Crippen LogP contribution in [0.4, 0.5) is 0 Å². The number of hydrogen-bond acceptors (Lipinski definition) is 3. The molecular formula is C17H26N2O2. The summed E-state index contributed by atoms with van der Waals surface area (Å²) in [4.78, 5) is 28.4. The number of Topliss-reactive ketones (excluding diaryl/α,β-unsaturated/α-hetero) is 1. The first kappa shape index (κ1) is 17.4. The van der Waals surface area contributed by atoms with E-state index in [0.29, 0.717) is 25.1 Å². The van der Waals surface area contributed by atoms with E-state index >= 15 is 0 Å². The van der Waals surface area contributed by atoms with Gasteiger partial charge in [0.2, 0.25) is 5.91 Å². The van der Waals surface area contributed by atoms with Crippen molar-refractivity contribution >= 4 is 11.7 Å². The smallest absolute Gasteiger partial charge is 0.236 e. The molecule has 1 unspecified atom stereocenters. The Labute approximate surface area is 127 Å². The number of likely N-dealkylation sites (N-methyl/N-ethyl adjacent to an activating group) is 2. The number of ketones is 1. The zero-order valence-corrected chi connectivity index (χ0v) is 13.5. The zero-order valence-electron chi connectivity index (χ0n) is 13.5. The van der Waals surface area contributed by atoms with Gasteiger partial charge in [0.05, 0.1) is 12.6 Å². The van der Waals surface area contributed by atoms with Gasteiger partial charge in [-0.1, -0.05) is 37.3 Å². The quantitative estimate of drug-likeness (QED) is 0.691. The predicted molar refractivity (Wildman–Crippen MR) is 85.4 cm³/mol. The van der Waals surface area contributed by atoms with Crippen LogP contribution in [-0.4, -0.2) is 54.2 Å². The van der Waals surface area contributed by atoms with Crippen molar-refractivity contribution in [3.05, 3.63) is 35.9 Å². The lowest BCUT2D eigenvalue weighted by Crippen LogP contribution is -2.45. The van der Waals surface area contributed by atoms with Crippen molar-refractivity contribution in [2.75, 3.05) is 26.7 Å². The third-order valence-electron chi connectivity index (χ3n) is 3.78. The molecule has 1 amide bonds. The normalized spacial score (nSPS) is 12.2. The number of rotatable bonds is 8. The molecule has 0 saturated heterocycles. The summed E-state index contributed by atoms with van der Waals surface area (Å²) in [6.45, 7) is 7.59. The highest BCUT2D eigenvalue weighted by molar-refractivity contribution is 6.00. The second-order valence-corrected chi connectivity index (χ2v) is 5.14. The molecule has 4 nitrogen and oxygen atoms in total. The van der Waals surface area contributed by atoms with Gasteiger partial charge < -0.3 is 4.90 Å². The Balaban J connectivity index is 2.75. The van der Waals surface area contributed by atoms with Crippen LogP contribution < -0.4 is 0 Å². The molecule has 0 fully saturated rings. The summed E-state index contributed by atoms with van der Waals surface area (Å²) in [5.74, 6) is 0.148. The van der Waals surface area contributed by atoms with Crippen molar-refractivity contribution in [1.82, 2.24) is 9.80 Å². The molecule has 1 aromatic rings. The number of carbonyl (C=O) groups is 2. The van der Waals surface area contributed by atoms with Crippen LogP contribution in [0.15, 0.2) is 30.3 Å². The molecule has 0 saturated carbocycles. The molecule has 116 valence electrons. The van der Waals surface area contributed by atoms with Gasteiger partial charge in [-0.3, -0.25) is 14.5 Å². The molecule has 0 heterocycles. The van der Waals surface area contributed by atoms with Gasteiger partial charge in [0.1, 0.15) is 0 Å². The highest BCUT2D eigenvalue weighted by atomic mass is 16.2. The monoisotopic (exact) mass is 290 g/mol. The van der Waals surface area contributed by atoms with Crippen LogP contribution in [0.1, 0.15) is 37.6 Å². The van der Waals surface area contributed by atoms with E-state index < -0.39 is 0 Å². The summed E-state index contributed by atoms with van der Waals surface area (Å²) < 4.78 is 0. The Morgan fingerprint density at radius 2 is 1.62 bits per heavy atom. The summed E-state index contributed by atoms with van der Waals surface area (Å²) >= 11 is 0. The van der Waals surface area contributed by atoms with Crippen LogP contribution >= 0.6 is 0 Å². The Kier molecular flexibility index (Phi) is 7.09. The molecule has 0 bridgehead atoms. The lowest BCUT2D eigenvalue weighted by molar-refractivity contribution is -0.132. The maximum Gasteiger partial charge on any atom is 0.236 e. The minimum Gasteiger partial charge on any atom is -0.342 e. The molecule has 4 heteroatoms. The summed E-state index contributed by atoms with van der Waals surface area (Å²) in [6, 6.07) is 9.01. The fourth-order valence-corrected chi connectivity index (χ4v) is 2.49. The number of carbonyl (C=O) groups excluding carboxylic acids is 2. The summed E-state index contributed by atoms with van der Waals surface area (Å²) in [5.41, 5.74) is 0.700. The van der Waals surface area contributed by atoms with Crippen LogP contribution in [0, 0.1) is 0 Å². The van der Waals surface area contributed by atoms with Crippen molar-refractivity contribution in [3.8, 4) is 0 Å². The Hall–Kier alpha value is -1.68. The first-order chi connectivity index (χ1) is 10.0. The Bertz CT molecular complexity index is 455. The van der Waals surface area contributed by atoms with Gasteiger partial charge in [-0.2, -0.15) is 0 Å². The average Bonchev–Trinajstić information content (AvgIpc) is 2.49. The van der Waals surface area contributed by atoms with Crippen LogP contribution in [0.2, 0.25) is 0 Å². The third kappa shape index (κ3) is 4.67. The minimum atomic E-state index is -0.257. The fraction of sp³-hybridized carbons (Fsp3) is 0.529. The van der Waals surface area contributed by atoms with E-state index in [1.807, 2.05) is 63.1 Å². The number of benzene rings is 1. The molecule has 0 aliphatic rings. The Morgan fingerprint density at radius 3 is 2.10 bits per heavy atom. The topological polar surface area (TPSA) is 40.6 Å². The van der Waals surface area contributed by atoms with Crippen molar-refractivity contribution in [1.29, 1.82) is 0 Å². The molecule has 0 N–H and O–H groups in total. The van der Waals surface area contributed by atoms with Crippen molar-refractivity contribution in [3.63, 3.8) is 0 Å². The second-order valence-electron chi connectivity index (χ2n) is 5.14. The van der Waals surface area contributed by atoms with Gasteiger partial charge in [0.15, 0.2) is 5.78 Å². The van der Waals surface area contributed by atoms with Crippen LogP contribution in [0.25, 0.3) is 0 Å². The van der Waals surface area contributed by atoms with E-state index in [4.69, 9.17) is 0 Å². The lowest BCUT2D eigenvalue weighted by atomic mass is 10.0. The molecule has 0 radical (unpaired) electrons. The second kappa shape index (κ2) is 8.57. The van der Waals surface area contributed by atoms with E-state index in [2.05, 4.69) is 0 Å². The minimum absolute atomic E-state index is 0.0711. The maximum atomic E-state index is 12.5. The van der Waals surface area contributed by atoms with Gasteiger partial charge in [-0.15, -0.1) is 0 Å². The summed E-state index contributed by atoms with van der Waals surface area (Å²) in [7, 11) is 1.84. The van der Waals surface area contributed by atoms with E-state index in [0.717, 1.165) is 0 Å². The van der Waals surface area contributed by atoms with Crippen LogP contribution in [0.3, 0.4) is 0 Å². The van der Waals surface area contributed by atoms with E-state index in [9.17, 15) is 9.59 Å². The first-order valence-electron chi connectivity index (χ1n) is 7.62. The van der Waals surface area contributed by atoms with Gasteiger partial charge in [-0.05, 0) is 27.3 Å². The zero-order chi connectivity index (χ0) is 15.8. The standard InChI is InChI=1S/C17H26N2O2/c1-5-15(17(21)14-11-9-8-10-12-14)18(4)13-16(20)19(6-2)7-3/h8-12,15H,5-7,13H2,1-4H3. The molecule has 21 heavy (non-hydrogen) atoms. The van der Waals surface area contributed by atoms with Crippen molar-refractivity contribution in [2.45, 2.75) is 33.2 Å². The van der Waals surface area contributed by atoms with E-state index in [1.54, 1.807) is 4.90 Å². The number of hydrogen-bond donors (Lipinski definition) is 0. The lowest BCUT2D eigenvalue weighted by Gasteiger charge is -2.28.